The van der Waals surface area contributed by atoms with Gasteiger partial charge in [-0.3, -0.25) is 4.98 Å². The molecule has 0 amide bonds. The van der Waals surface area contributed by atoms with Crippen molar-refractivity contribution in [2.75, 3.05) is 6.54 Å². The van der Waals surface area contributed by atoms with E-state index in [2.05, 4.69) is 10.3 Å². The number of aromatic nitrogens is 3. The molecule has 0 saturated heterocycles. The zero-order valence-electron chi connectivity index (χ0n) is 12.9. The van der Waals surface area contributed by atoms with Crippen LogP contribution in [0.15, 0.2) is 48.8 Å². The number of carboxylic acid groups (broad SMARTS) is 1. The number of aromatic carboxylic acids is 1. The topological polar surface area (TPSA) is 80.0 Å². The monoisotopic (exact) mass is 320 g/mol. The van der Waals surface area contributed by atoms with Crippen LogP contribution in [0.2, 0.25) is 0 Å². The average molecular weight is 320 g/mol. The highest BCUT2D eigenvalue weighted by molar-refractivity contribution is 5.88. The second kappa shape index (κ2) is 5.90. The van der Waals surface area contributed by atoms with E-state index in [0.29, 0.717) is 0 Å². The Morgan fingerprint density at radius 1 is 1.25 bits per heavy atom. The minimum Gasteiger partial charge on any atom is -0.478 e. The third-order valence-electron chi connectivity index (χ3n) is 4.20. The van der Waals surface area contributed by atoms with Gasteiger partial charge in [0.15, 0.2) is 0 Å². The predicted octanol–water partition coefficient (Wildman–Crippen LogP) is 2.28. The van der Waals surface area contributed by atoms with E-state index in [1.54, 1.807) is 30.6 Å². The number of carboxylic acids is 1. The van der Waals surface area contributed by atoms with Crippen LogP contribution in [0.4, 0.5) is 0 Å². The highest BCUT2D eigenvalue weighted by atomic mass is 16.4. The fourth-order valence-electron chi connectivity index (χ4n) is 3.07. The summed E-state index contributed by atoms with van der Waals surface area (Å²) in [6.07, 6.45) is 4.39. The largest absolute Gasteiger partial charge is 0.478 e. The Balaban J connectivity index is 1.89. The highest BCUT2D eigenvalue weighted by Crippen LogP contribution is 2.29. The first-order valence-electron chi connectivity index (χ1n) is 7.79. The number of pyridine rings is 1. The summed E-state index contributed by atoms with van der Waals surface area (Å²) in [7, 11) is 0. The van der Waals surface area contributed by atoms with E-state index in [9.17, 15) is 9.90 Å². The third-order valence-corrected chi connectivity index (χ3v) is 4.20. The van der Waals surface area contributed by atoms with Crippen molar-refractivity contribution >= 4 is 5.97 Å². The Hall–Kier alpha value is -2.99. The number of fused-ring (bicyclic) bond motifs is 1. The molecule has 0 bridgehead atoms. The number of benzene rings is 1. The molecule has 1 aromatic carbocycles. The van der Waals surface area contributed by atoms with Crippen LogP contribution in [0.3, 0.4) is 0 Å². The molecule has 0 unspecified atom stereocenters. The molecule has 4 rings (SSSR count). The third kappa shape index (κ3) is 2.47. The summed E-state index contributed by atoms with van der Waals surface area (Å²) in [5.74, 6) is -0.938. The summed E-state index contributed by atoms with van der Waals surface area (Å²) in [5, 5.41) is 17.4. The predicted molar refractivity (Wildman–Crippen MR) is 89.2 cm³/mol. The quantitative estimate of drug-likeness (QED) is 0.774. The maximum absolute atomic E-state index is 11.3. The fraction of sp³-hybridized carbons (Fsp3) is 0.167. The van der Waals surface area contributed by atoms with Gasteiger partial charge in [-0.05, 0) is 30.3 Å². The van der Waals surface area contributed by atoms with Crippen molar-refractivity contribution in [2.24, 2.45) is 0 Å². The molecule has 0 radical (unpaired) electrons. The molecule has 6 nitrogen and oxygen atoms in total. The summed E-state index contributed by atoms with van der Waals surface area (Å²) in [5.41, 5.74) is 5.15. The van der Waals surface area contributed by atoms with E-state index in [4.69, 9.17) is 5.10 Å². The van der Waals surface area contributed by atoms with Gasteiger partial charge in [0.25, 0.3) is 0 Å². The lowest BCUT2D eigenvalue weighted by Crippen LogP contribution is -2.24. The van der Waals surface area contributed by atoms with Gasteiger partial charge in [0.1, 0.15) is 0 Å². The average Bonchev–Trinajstić information content (AvgIpc) is 3.02. The van der Waals surface area contributed by atoms with E-state index in [1.807, 2.05) is 22.9 Å². The summed E-state index contributed by atoms with van der Waals surface area (Å²) in [4.78, 5) is 15.4. The van der Waals surface area contributed by atoms with Crippen molar-refractivity contribution in [2.45, 2.75) is 13.0 Å². The van der Waals surface area contributed by atoms with E-state index in [1.165, 1.54) is 0 Å². The number of carbonyl (C=O) groups is 1. The van der Waals surface area contributed by atoms with Gasteiger partial charge in [-0.15, -0.1) is 0 Å². The van der Waals surface area contributed by atoms with Crippen LogP contribution in [0.25, 0.3) is 16.9 Å². The summed E-state index contributed by atoms with van der Waals surface area (Å²) in [6, 6.07) is 10.8. The van der Waals surface area contributed by atoms with E-state index in [0.717, 1.165) is 47.7 Å². The molecule has 0 atom stereocenters. The minimum absolute atomic E-state index is 0.258. The van der Waals surface area contributed by atoms with Crippen molar-refractivity contribution in [3.63, 3.8) is 0 Å². The van der Waals surface area contributed by atoms with E-state index in [-0.39, 0.29) is 5.56 Å². The van der Waals surface area contributed by atoms with Gasteiger partial charge in [-0.1, -0.05) is 6.07 Å². The van der Waals surface area contributed by atoms with Gasteiger partial charge in [0, 0.05) is 43.0 Å². The van der Waals surface area contributed by atoms with Gasteiger partial charge >= 0.3 is 5.97 Å². The number of rotatable bonds is 3. The standard InChI is InChI=1S/C18H16N4O2/c23-18(24)12-3-1-5-14(9-12)22-16-6-8-20-11-15(16)17(21-22)13-4-2-7-19-10-13/h1-5,7,9-10,20H,6,8,11H2,(H,23,24). The van der Waals surface area contributed by atoms with E-state index >= 15 is 0 Å². The van der Waals surface area contributed by atoms with Crippen LogP contribution in [0.5, 0.6) is 0 Å². The first-order valence-corrected chi connectivity index (χ1v) is 7.79. The molecule has 2 N–H and O–H groups in total. The first-order chi connectivity index (χ1) is 11.7. The molecule has 6 heteroatoms. The highest BCUT2D eigenvalue weighted by Gasteiger charge is 2.22. The van der Waals surface area contributed by atoms with Gasteiger partial charge in [0.05, 0.1) is 22.6 Å². The van der Waals surface area contributed by atoms with Crippen LogP contribution in [0, 0.1) is 0 Å². The zero-order valence-corrected chi connectivity index (χ0v) is 12.9. The molecule has 120 valence electrons. The number of hydrogen-bond donors (Lipinski definition) is 2. The molecule has 3 heterocycles. The lowest BCUT2D eigenvalue weighted by molar-refractivity contribution is 0.0697. The van der Waals surface area contributed by atoms with Crippen molar-refractivity contribution in [3.05, 3.63) is 65.6 Å². The molecular formula is C18H16N4O2. The zero-order chi connectivity index (χ0) is 16.5. The Kier molecular flexibility index (Phi) is 3.59. The Morgan fingerprint density at radius 2 is 2.17 bits per heavy atom. The lowest BCUT2D eigenvalue weighted by Gasteiger charge is -2.15. The van der Waals surface area contributed by atoms with Gasteiger partial charge in [-0.25, -0.2) is 9.48 Å². The molecular weight excluding hydrogens is 304 g/mol. The molecule has 0 aliphatic carbocycles. The molecule has 24 heavy (non-hydrogen) atoms. The maximum Gasteiger partial charge on any atom is 0.335 e. The van der Waals surface area contributed by atoms with Crippen LogP contribution in [0.1, 0.15) is 21.6 Å². The molecule has 1 aliphatic heterocycles. The van der Waals surface area contributed by atoms with E-state index < -0.39 is 5.97 Å². The molecule has 2 aromatic heterocycles. The lowest BCUT2D eigenvalue weighted by atomic mass is 10.0. The molecule has 0 spiro atoms. The second-order valence-corrected chi connectivity index (χ2v) is 5.71. The molecule has 0 saturated carbocycles. The SMILES string of the molecule is O=C(O)c1cccc(-n2nc(-c3cccnc3)c3c2CCNC3)c1. The van der Waals surface area contributed by atoms with Crippen molar-refractivity contribution in [1.82, 2.24) is 20.1 Å². The van der Waals surface area contributed by atoms with Crippen molar-refractivity contribution in [3.8, 4) is 16.9 Å². The number of nitrogens with one attached hydrogen (secondary N) is 1. The van der Waals surface area contributed by atoms with Crippen LogP contribution in [-0.2, 0) is 13.0 Å². The molecule has 0 fully saturated rings. The maximum atomic E-state index is 11.3. The summed E-state index contributed by atoms with van der Waals surface area (Å²) in [6.45, 7) is 1.63. The summed E-state index contributed by atoms with van der Waals surface area (Å²) < 4.78 is 1.87. The van der Waals surface area contributed by atoms with Gasteiger partial charge in [0.2, 0.25) is 0 Å². The van der Waals surface area contributed by atoms with Crippen molar-refractivity contribution in [1.29, 1.82) is 0 Å². The number of hydrogen-bond acceptors (Lipinski definition) is 4. The van der Waals surface area contributed by atoms with Crippen LogP contribution >= 0.6 is 0 Å². The molecule has 3 aromatic rings. The van der Waals surface area contributed by atoms with Gasteiger partial charge in [-0.2, -0.15) is 5.10 Å². The molecule has 1 aliphatic rings. The van der Waals surface area contributed by atoms with Gasteiger partial charge < -0.3 is 10.4 Å². The first kappa shape index (κ1) is 14.6. The van der Waals surface area contributed by atoms with Crippen LogP contribution < -0.4 is 5.32 Å². The minimum atomic E-state index is -0.938. The fourth-order valence-corrected chi connectivity index (χ4v) is 3.07. The second-order valence-electron chi connectivity index (χ2n) is 5.71. The normalized spacial score (nSPS) is 13.5. The smallest absolute Gasteiger partial charge is 0.335 e. The summed E-state index contributed by atoms with van der Waals surface area (Å²) >= 11 is 0. The van der Waals surface area contributed by atoms with Crippen molar-refractivity contribution < 1.29 is 9.90 Å². The Labute approximate surface area is 138 Å². The van der Waals surface area contributed by atoms with Crippen LogP contribution in [-0.4, -0.2) is 32.4 Å². The Morgan fingerprint density at radius 3 is 2.96 bits per heavy atom. The Bertz CT molecular complexity index is 903. The number of nitrogens with zero attached hydrogens (tertiary/aromatic N) is 3.